The van der Waals surface area contributed by atoms with E-state index in [9.17, 15) is 14.4 Å². The van der Waals surface area contributed by atoms with Gasteiger partial charge in [-0.3, -0.25) is 14.4 Å². The first kappa shape index (κ1) is 62.4. The average Bonchev–Trinajstić information content (AvgIpc) is 1.90. The van der Waals surface area contributed by atoms with Crippen LogP contribution in [-0.2, 0) is 99.9 Å². The molecule has 0 unspecified atom stereocenters. The van der Waals surface area contributed by atoms with Crippen molar-refractivity contribution in [1.82, 2.24) is 65.8 Å². The van der Waals surface area contributed by atoms with Crippen molar-refractivity contribution in [3.8, 4) is 69.5 Å². The molecule has 10 aromatic heterocycles. The lowest BCUT2D eigenvalue weighted by atomic mass is 10.2. The van der Waals surface area contributed by atoms with Crippen molar-refractivity contribution < 1.29 is 68.1 Å². The maximum absolute atomic E-state index is 13.2. The van der Waals surface area contributed by atoms with Gasteiger partial charge in [0.25, 0.3) is 17.7 Å². The molecule has 0 atom stereocenters. The molecule has 3 amide bonds. The minimum Gasteiger partial charge on any atom is -0.445 e. The first-order valence-electron chi connectivity index (χ1n) is 29.4. The molecule has 0 fully saturated rings. The lowest BCUT2D eigenvalue weighted by Crippen LogP contribution is -2.25. The summed E-state index contributed by atoms with van der Waals surface area (Å²) in [7, 11) is 0. The predicted octanol–water partition coefficient (Wildman–Crippen LogP) is 10.3. The van der Waals surface area contributed by atoms with Crippen LogP contribution in [0.3, 0.4) is 0 Å². The third kappa shape index (κ3) is 12.7. The molecule has 0 spiro atoms. The molecule has 0 aliphatic carbocycles. The van der Waals surface area contributed by atoms with Crippen molar-refractivity contribution in [2.45, 2.75) is 173 Å². The van der Waals surface area contributed by atoms with Crippen LogP contribution in [0.1, 0.15) is 194 Å². The summed E-state index contributed by atoms with van der Waals surface area (Å²) in [5.74, 6) is 7.14. The Morgan fingerprint density at radius 2 is 0.682 bits per heavy atom. The van der Waals surface area contributed by atoms with E-state index in [4.69, 9.17) is 68.7 Å². The van der Waals surface area contributed by atoms with Gasteiger partial charge in [-0.15, -0.1) is 0 Å². The van der Waals surface area contributed by atoms with Crippen molar-refractivity contribution >= 4 is 23.9 Å². The highest BCUT2D eigenvalue weighted by molar-refractivity contribution is 5.95. The Morgan fingerprint density at radius 3 is 1.09 bits per heavy atom. The van der Waals surface area contributed by atoms with Crippen LogP contribution >= 0.6 is 0 Å². The van der Waals surface area contributed by atoms with Gasteiger partial charge in [-0.2, -0.15) is 9.59 Å². The van der Waals surface area contributed by atoms with Crippen LogP contribution in [0.5, 0.6) is 0 Å². The maximum Gasteiger partial charge on any atom is 0.373 e. The zero-order valence-electron chi connectivity index (χ0n) is 51.0. The molecule has 88 heavy (non-hydrogen) atoms. The number of aryl methyl sites for hydroxylation is 12. The molecule has 3 N–H and O–H groups in total. The number of amides is 3. The molecule has 28 heteroatoms. The summed E-state index contributed by atoms with van der Waals surface area (Å²) < 4.78 is 59.8. The number of hydrogen-bond acceptors (Lipinski definition) is 25. The Kier molecular flexibility index (Phi) is 19.5. The molecule has 462 valence electrons. The molecule has 0 radical (unpaired) electrons. The summed E-state index contributed by atoms with van der Waals surface area (Å²) in [5, 5.41) is 8.38. The fraction of sp³-hybridized carbons (Fsp3) is 0.433. The van der Waals surface area contributed by atoms with Crippen LogP contribution in [0.25, 0.3) is 69.5 Å². The Labute approximate surface area is 502 Å². The number of carbonyl (C=O) groups excluding carboxylic acids is 5. The summed E-state index contributed by atoms with van der Waals surface area (Å²) in [4.78, 5) is 101. The summed E-state index contributed by atoms with van der Waals surface area (Å²) in [5.41, 5.74) is 3.91. The molecule has 11 rings (SSSR count). The maximum atomic E-state index is 13.2. The van der Waals surface area contributed by atoms with Gasteiger partial charge in [-0.25, -0.2) is 49.8 Å². The second kappa shape index (κ2) is 27.5. The first-order valence-corrected chi connectivity index (χ1v) is 29.4. The number of carbonyl (C=O) groups is 3. The molecule has 0 saturated carbocycles. The molecule has 1 aliphatic heterocycles. The first-order chi connectivity index (χ1) is 42.6. The highest BCUT2D eigenvalue weighted by Gasteiger charge is 2.32. The van der Waals surface area contributed by atoms with Crippen LogP contribution < -0.4 is 16.0 Å². The Balaban J connectivity index is 0.000000201. The van der Waals surface area contributed by atoms with E-state index in [0.717, 1.165) is 17.9 Å². The fourth-order valence-corrected chi connectivity index (χ4v) is 9.52. The highest BCUT2D eigenvalue weighted by Crippen LogP contribution is 2.38. The predicted molar refractivity (Wildman–Crippen MR) is 305 cm³/mol. The summed E-state index contributed by atoms with van der Waals surface area (Å²) in [6.07, 6.45) is 6.20. The van der Waals surface area contributed by atoms with E-state index < -0.39 is 17.7 Å². The summed E-state index contributed by atoms with van der Waals surface area (Å²) >= 11 is 0. The zero-order valence-corrected chi connectivity index (χ0v) is 51.0. The molecule has 10 bridgehead atoms. The fourth-order valence-electron chi connectivity index (χ4n) is 9.52. The largest absolute Gasteiger partial charge is 0.445 e. The molecule has 0 aromatic carbocycles. The highest BCUT2D eigenvalue weighted by atomic mass is 16.4. The minimum atomic E-state index is -0.484. The van der Waals surface area contributed by atoms with Gasteiger partial charge >= 0.3 is 6.15 Å². The smallest absolute Gasteiger partial charge is 0.373 e. The molecular weight excluding hydrogens is 1140 g/mol. The third-order valence-electron chi connectivity index (χ3n) is 13.9. The lowest BCUT2D eigenvalue weighted by Gasteiger charge is -2.01. The normalized spacial score (nSPS) is 12.2. The molecule has 0 saturated heterocycles. The van der Waals surface area contributed by atoms with Crippen molar-refractivity contribution in [2.24, 2.45) is 0 Å². The van der Waals surface area contributed by atoms with E-state index in [1.54, 1.807) is 0 Å². The van der Waals surface area contributed by atoms with E-state index >= 15 is 0 Å². The van der Waals surface area contributed by atoms with Gasteiger partial charge in [0.05, 0.1) is 25.3 Å². The van der Waals surface area contributed by atoms with E-state index in [1.807, 2.05) is 83.1 Å². The summed E-state index contributed by atoms with van der Waals surface area (Å²) in [6.45, 7) is 23.2. The zero-order chi connectivity index (χ0) is 62.9. The average molecular weight is 1210 g/mol. The number of rotatable bonds is 17. The van der Waals surface area contributed by atoms with Gasteiger partial charge in [0.2, 0.25) is 53.0 Å². The topological polar surface area (TPSA) is 382 Å². The second-order valence-electron chi connectivity index (χ2n) is 19.5. The Bertz CT molecular complexity index is 4140. The number of nitrogens with zero attached hydrogens (tertiary/aromatic N) is 10. The number of aromatic nitrogens is 10. The number of nitrogens with one attached hydrogen (secondary N) is 3. The quantitative estimate of drug-likeness (QED) is 0.0762. The van der Waals surface area contributed by atoms with Gasteiger partial charge in [0.15, 0.2) is 57.1 Å². The van der Waals surface area contributed by atoms with Crippen LogP contribution in [-0.4, -0.2) is 73.7 Å². The Hall–Kier alpha value is -10.1. The van der Waals surface area contributed by atoms with Gasteiger partial charge in [-0.05, 0) is 6.92 Å². The van der Waals surface area contributed by atoms with Gasteiger partial charge in [-0.1, -0.05) is 76.2 Å². The van der Waals surface area contributed by atoms with Crippen molar-refractivity contribution in [2.75, 3.05) is 0 Å². The number of oxazole rings is 10. The number of fused-ring (bicyclic) bond motifs is 13. The van der Waals surface area contributed by atoms with Crippen LogP contribution in [0, 0.1) is 6.92 Å². The van der Waals surface area contributed by atoms with Crippen molar-refractivity contribution in [3.63, 3.8) is 0 Å². The molecule has 10 aromatic rings. The van der Waals surface area contributed by atoms with Gasteiger partial charge in [0.1, 0.15) is 57.6 Å². The van der Waals surface area contributed by atoms with Crippen LogP contribution in [0.15, 0.2) is 44.2 Å². The van der Waals surface area contributed by atoms with E-state index in [-0.39, 0.29) is 84.1 Å². The minimum absolute atomic E-state index is 0.000851. The van der Waals surface area contributed by atoms with E-state index in [0.29, 0.717) is 168 Å². The third-order valence-corrected chi connectivity index (χ3v) is 13.9. The van der Waals surface area contributed by atoms with Gasteiger partial charge in [0, 0.05) is 70.6 Å². The van der Waals surface area contributed by atoms with Crippen molar-refractivity contribution in [3.05, 3.63) is 104 Å². The SMILES string of the molecule is CCc1nc(-c2nc(-c3nc(-c4nc(C(=O)NCc5nc(C)c(CC)o5)c(CC)o4)c(CC)o3)c(CC)o2)c(CC)o1.CCc1oc2nc1C(=O)NCc1nc(c(CC)o1)-c1nc(c(CC)o1)-c1nc(c(CC)o1)-c1nc(c(CC)o1)C(=O)NC2.O=C=O. The lowest BCUT2D eigenvalue weighted by molar-refractivity contribution is -0.191. The van der Waals surface area contributed by atoms with Gasteiger partial charge < -0.3 is 60.1 Å². The van der Waals surface area contributed by atoms with Crippen molar-refractivity contribution in [1.29, 1.82) is 0 Å². The van der Waals surface area contributed by atoms with E-state index in [2.05, 4.69) is 50.8 Å². The standard InChI is InChI=1S/C30H36N6O6.C29H31N7O7.CO2/c1-8-16-15(7)32-22(38-16)14-31-27(37)23-17(9-2)40-29(34-23)25-19(11-4)42-30(36-25)26-20(12-5)41-28(35-26)24-18(10-3)39-21(13-6)33-24;1-6-13-20-25(37)30-12-19-33-22(15(8-3)40-19)27-35-24(17(10-5)42-27)29-36-23(16(9-4)43-29)28-34-21(14(7-2)41-28)26(38)31-11-18(32-20)39-13;2-1-3/h8-14H2,1-7H3,(H,31,37);6-12H2,1-5H3,(H,30,37)(H,31,38);. The molecule has 11 heterocycles. The van der Waals surface area contributed by atoms with E-state index in [1.165, 1.54) is 0 Å². The monoisotopic (exact) mass is 1210 g/mol. The molecular formula is C60H67N13O15. The molecule has 28 nitrogen and oxygen atoms in total. The molecule has 1 aliphatic rings. The summed E-state index contributed by atoms with van der Waals surface area (Å²) in [6, 6.07) is 0. The number of hydrogen-bond donors (Lipinski definition) is 3. The Morgan fingerprint density at radius 1 is 0.375 bits per heavy atom. The van der Waals surface area contributed by atoms with Crippen LogP contribution in [0.4, 0.5) is 0 Å². The van der Waals surface area contributed by atoms with Crippen LogP contribution in [0.2, 0.25) is 0 Å². The second-order valence-corrected chi connectivity index (χ2v) is 19.5.